The Bertz CT molecular complexity index is 599. The fraction of sp³-hybridized carbons (Fsp3) is 0.467. The molecule has 2 heterocycles. The van der Waals surface area contributed by atoms with Crippen molar-refractivity contribution in [3.05, 3.63) is 30.1 Å². The molecule has 0 amide bonds. The van der Waals surface area contributed by atoms with E-state index in [1.165, 1.54) is 6.42 Å². The molecule has 3 nitrogen and oxygen atoms in total. The number of imidazole rings is 1. The molecule has 19 heavy (non-hydrogen) atoms. The second-order valence-electron chi connectivity index (χ2n) is 4.91. The van der Waals surface area contributed by atoms with Gasteiger partial charge in [0.2, 0.25) is 0 Å². The summed E-state index contributed by atoms with van der Waals surface area (Å²) < 4.78 is 2.16. The summed E-state index contributed by atoms with van der Waals surface area (Å²) in [5, 5.41) is 0.199. The van der Waals surface area contributed by atoms with E-state index in [0.717, 1.165) is 35.6 Å². The van der Waals surface area contributed by atoms with Gasteiger partial charge in [0.25, 0.3) is 0 Å². The Kier molecular flexibility index (Phi) is 3.60. The monoisotopic (exact) mass is 274 g/mol. The van der Waals surface area contributed by atoms with Crippen molar-refractivity contribution in [1.29, 1.82) is 0 Å². The van der Waals surface area contributed by atoms with Crippen molar-refractivity contribution >= 4 is 28.6 Å². The standard InChI is InChI=1S/C15H18N2OS/c1-2-17-12-7-4-3-6-11(12)16-15(17)10-13(18)14-8-5-9-19-14/h3-4,6-7,14H,2,5,8-10H2,1H3. The topological polar surface area (TPSA) is 34.9 Å². The molecule has 0 saturated carbocycles. The molecular weight excluding hydrogens is 256 g/mol. The van der Waals surface area contributed by atoms with Crippen molar-refractivity contribution in [3.63, 3.8) is 0 Å². The molecule has 1 saturated heterocycles. The number of carbonyl (C=O) groups is 1. The molecule has 1 unspecified atom stereocenters. The number of aromatic nitrogens is 2. The number of benzene rings is 1. The lowest BCUT2D eigenvalue weighted by Crippen LogP contribution is -2.19. The first-order valence-corrected chi connectivity index (χ1v) is 7.93. The third kappa shape index (κ3) is 2.41. The Labute approximate surface area is 117 Å². The van der Waals surface area contributed by atoms with Gasteiger partial charge >= 0.3 is 0 Å². The Hall–Kier alpha value is -1.29. The molecule has 1 aliphatic heterocycles. The van der Waals surface area contributed by atoms with E-state index >= 15 is 0 Å². The highest BCUT2D eigenvalue weighted by Gasteiger charge is 2.24. The predicted molar refractivity (Wildman–Crippen MR) is 79.6 cm³/mol. The minimum atomic E-state index is 0.199. The highest BCUT2D eigenvalue weighted by molar-refractivity contribution is 8.00. The first-order valence-electron chi connectivity index (χ1n) is 6.88. The summed E-state index contributed by atoms with van der Waals surface area (Å²) in [4.78, 5) is 16.9. The third-order valence-corrected chi connectivity index (χ3v) is 5.10. The van der Waals surface area contributed by atoms with Crippen LogP contribution in [0.15, 0.2) is 24.3 Å². The average molecular weight is 274 g/mol. The Morgan fingerprint density at radius 1 is 1.47 bits per heavy atom. The van der Waals surface area contributed by atoms with E-state index in [4.69, 9.17) is 0 Å². The molecule has 0 bridgehead atoms. The molecule has 0 spiro atoms. The molecule has 1 aliphatic rings. The van der Waals surface area contributed by atoms with Crippen LogP contribution in [0.3, 0.4) is 0 Å². The lowest BCUT2D eigenvalue weighted by Gasteiger charge is -2.08. The fourth-order valence-corrected chi connectivity index (χ4v) is 3.93. The second-order valence-corrected chi connectivity index (χ2v) is 6.22. The van der Waals surface area contributed by atoms with Crippen LogP contribution in [0.4, 0.5) is 0 Å². The van der Waals surface area contributed by atoms with Gasteiger partial charge < -0.3 is 4.57 Å². The minimum absolute atomic E-state index is 0.199. The van der Waals surface area contributed by atoms with Gasteiger partial charge in [-0.15, -0.1) is 0 Å². The lowest BCUT2D eigenvalue weighted by molar-refractivity contribution is -0.118. The number of hydrogen-bond acceptors (Lipinski definition) is 3. The normalized spacial score (nSPS) is 19.1. The van der Waals surface area contributed by atoms with E-state index in [1.807, 2.05) is 18.2 Å². The van der Waals surface area contributed by atoms with Crippen LogP contribution < -0.4 is 0 Å². The van der Waals surface area contributed by atoms with Crippen molar-refractivity contribution in [1.82, 2.24) is 9.55 Å². The summed E-state index contributed by atoms with van der Waals surface area (Å²) in [6.07, 6.45) is 2.68. The van der Waals surface area contributed by atoms with Crippen LogP contribution in [-0.4, -0.2) is 26.3 Å². The highest BCUT2D eigenvalue weighted by Crippen LogP contribution is 2.28. The van der Waals surface area contributed by atoms with Crippen LogP contribution in [0.1, 0.15) is 25.6 Å². The zero-order valence-electron chi connectivity index (χ0n) is 11.1. The molecule has 3 rings (SSSR count). The smallest absolute Gasteiger partial charge is 0.153 e. The predicted octanol–water partition coefficient (Wildman–Crippen LogP) is 3.06. The lowest BCUT2D eigenvalue weighted by atomic mass is 10.1. The van der Waals surface area contributed by atoms with E-state index in [2.05, 4.69) is 22.5 Å². The number of aryl methyl sites for hydroxylation is 1. The molecule has 1 aromatic heterocycles. The van der Waals surface area contributed by atoms with Gasteiger partial charge in [0.1, 0.15) is 5.82 Å². The molecule has 2 aromatic rings. The summed E-state index contributed by atoms with van der Waals surface area (Å²) >= 11 is 1.80. The van der Waals surface area contributed by atoms with Crippen LogP contribution >= 0.6 is 11.8 Å². The van der Waals surface area contributed by atoms with Crippen LogP contribution in [0, 0.1) is 0 Å². The maximum Gasteiger partial charge on any atom is 0.153 e. The number of carbonyl (C=O) groups excluding carboxylic acids is 1. The van der Waals surface area contributed by atoms with Gasteiger partial charge in [0, 0.05) is 6.54 Å². The van der Waals surface area contributed by atoms with E-state index in [-0.39, 0.29) is 5.25 Å². The van der Waals surface area contributed by atoms with Gasteiger partial charge in [0.05, 0.1) is 22.7 Å². The van der Waals surface area contributed by atoms with E-state index in [1.54, 1.807) is 11.8 Å². The number of para-hydroxylation sites is 2. The van der Waals surface area contributed by atoms with Crippen LogP contribution in [0.25, 0.3) is 11.0 Å². The maximum atomic E-state index is 12.3. The fourth-order valence-electron chi connectivity index (χ4n) is 2.71. The summed E-state index contributed by atoms with van der Waals surface area (Å²) in [7, 11) is 0. The molecule has 0 N–H and O–H groups in total. The maximum absolute atomic E-state index is 12.3. The van der Waals surface area contributed by atoms with Gasteiger partial charge in [-0.2, -0.15) is 11.8 Å². The van der Waals surface area contributed by atoms with Crippen molar-refractivity contribution in [2.45, 2.75) is 38.0 Å². The molecule has 1 atom stereocenters. The van der Waals surface area contributed by atoms with E-state index in [0.29, 0.717) is 12.2 Å². The summed E-state index contributed by atoms with van der Waals surface area (Å²) in [5.41, 5.74) is 2.12. The van der Waals surface area contributed by atoms with Crippen LogP contribution in [-0.2, 0) is 17.8 Å². The Balaban J connectivity index is 1.89. The van der Waals surface area contributed by atoms with E-state index < -0.39 is 0 Å². The zero-order chi connectivity index (χ0) is 13.2. The van der Waals surface area contributed by atoms with Gasteiger partial charge in [-0.05, 0) is 37.7 Å². The number of hydrogen-bond donors (Lipinski definition) is 0. The molecule has 0 radical (unpaired) electrons. The second kappa shape index (κ2) is 5.37. The molecular formula is C15H18N2OS. The van der Waals surface area contributed by atoms with Crippen LogP contribution in [0.5, 0.6) is 0 Å². The number of fused-ring (bicyclic) bond motifs is 1. The average Bonchev–Trinajstić information content (AvgIpc) is 3.05. The number of nitrogens with zero attached hydrogens (tertiary/aromatic N) is 2. The van der Waals surface area contributed by atoms with Crippen molar-refractivity contribution in [2.24, 2.45) is 0 Å². The highest BCUT2D eigenvalue weighted by atomic mass is 32.2. The largest absolute Gasteiger partial charge is 0.328 e. The van der Waals surface area contributed by atoms with Gasteiger partial charge in [-0.1, -0.05) is 12.1 Å². The van der Waals surface area contributed by atoms with Crippen LogP contribution in [0.2, 0.25) is 0 Å². The number of thioether (sulfide) groups is 1. The summed E-state index contributed by atoms with van der Waals surface area (Å²) in [6.45, 7) is 2.97. The quantitative estimate of drug-likeness (QED) is 0.859. The van der Waals surface area contributed by atoms with Gasteiger partial charge in [0.15, 0.2) is 5.78 Å². The molecule has 1 fully saturated rings. The molecule has 1 aromatic carbocycles. The SMILES string of the molecule is CCn1c(CC(=O)C2CCCS2)nc2ccccc21. The number of Topliss-reactive ketones (excluding diaryl/α,β-unsaturated/α-hetero) is 1. The first kappa shape index (κ1) is 12.7. The Morgan fingerprint density at radius 2 is 2.32 bits per heavy atom. The molecule has 100 valence electrons. The van der Waals surface area contributed by atoms with Gasteiger partial charge in [-0.3, -0.25) is 4.79 Å². The molecule has 4 heteroatoms. The third-order valence-electron chi connectivity index (χ3n) is 3.67. The minimum Gasteiger partial charge on any atom is -0.328 e. The number of ketones is 1. The summed E-state index contributed by atoms with van der Waals surface area (Å²) in [5.74, 6) is 2.38. The Morgan fingerprint density at radius 3 is 3.05 bits per heavy atom. The number of rotatable bonds is 4. The van der Waals surface area contributed by atoms with E-state index in [9.17, 15) is 4.79 Å². The zero-order valence-corrected chi connectivity index (χ0v) is 11.9. The molecule has 0 aliphatic carbocycles. The summed E-state index contributed by atoms with van der Waals surface area (Å²) in [6, 6.07) is 8.10. The van der Waals surface area contributed by atoms with Crippen molar-refractivity contribution in [3.8, 4) is 0 Å². The van der Waals surface area contributed by atoms with Crippen molar-refractivity contribution in [2.75, 3.05) is 5.75 Å². The van der Waals surface area contributed by atoms with Gasteiger partial charge in [-0.25, -0.2) is 4.98 Å². The van der Waals surface area contributed by atoms with Crippen molar-refractivity contribution < 1.29 is 4.79 Å². The first-order chi connectivity index (χ1) is 9.29.